The molecule has 0 bridgehead atoms. The summed E-state index contributed by atoms with van der Waals surface area (Å²) in [7, 11) is 0. The molecule has 1 aromatic rings. The Bertz CT molecular complexity index is 1010. The quantitative estimate of drug-likeness (QED) is 0.288. The maximum Gasteiger partial charge on any atom is 0.338 e. The summed E-state index contributed by atoms with van der Waals surface area (Å²) >= 11 is 6.71. The average molecular weight is 453 g/mol. The van der Waals surface area contributed by atoms with Crippen molar-refractivity contribution >= 4 is 23.9 Å². The molecule has 0 N–H and O–H groups in total. The lowest BCUT2D eigenvalue weighted by Crippen LogP contribution is -2.50. The first-order valence-electron chi connectivity index (χ1n) is 12.1. The van der Waals surface area contributed by atoms with Crippen LogP contribution in [0, 0.1) is 35.5 Å². The zero-order valence-corrected chi connectivity index (χ0v) is 20.1. The highest BCUT2D eigenvalue weighted by Gasteiger charge is 2.58. The van der Waals surface area contributed by atoms with E-state index in [2.05, 4.69) is 19.9 Å². The first-order chi connectivity index (χ1) is 15.3. The number of ether oxygens (including phenoxy) is 1. The minimum Gasteiger partial charge on any atom is -0.458 e. The summed E-state index contributed by atoms with van der Waals surface area (Å²) in [5.41, 5.74) is 4.19. The third kappa shape index (κ3) is 3.31. The van der Waals surface area contributed by atoms with Crippen LogP contribution in [0.25, 0.3) is 0 Å². The van der Waals surface area contributed by atoms with Crippen molar-refractivity contribution in [1.29, 1.82) is 0 Å². The molecule has 2 saturated carbocycles. The van der Waals surface area contributed by atoms with Gasteiger partial charge in [0.1, 0.15) is 12.4 Å². The highest BCUT2D eigenvalue weighted by atomic mass is 35.5. The van der Waals surface area contributed by atoms with Gasteiger partial charge in [-0.25, -0.2) is 4.79 Å². The van der Waals surface area contributed by atoms with Crippen molar-refractivity contribution in [2.24, 2.45) is 28.6 Å². The molecule has 0 heterocycles. The van der Waals surface area contributed by atoms with Crippen molar-refractivity contribution < 1.29 is 14.3 Å². The van der Waals surface area contributed by atoms with Gasteiger partial charge in [0.25, 0.3) is 0 Å². The van der Waals surface area contributed by atoms with Gasteiger partial charge in [-0.1, -0.05) is 54.8 Å². The molecular formula is C28H33ClO3. The molecule has 6 atom stereocenters. The molecule has 5 rings (SSSR count). The van der Waals surface area contributed by atoms with E-state index in [4.69, 9.17) is 16.3 Å². The number of benzene rings is 1. The van der Waals surface area contributed by atoms with E-state index >= 15 is 0 Å². The lowest BCUT2D eigenvalue weighted by atomic mass is 9.48. The van der Waals surface area contributed by atoms with Crippen LogP contribution in [0.2, 0.25) is 0 Å². The highest BCUT2D eigenvalue weighted by molar-refractivity contribution is 6.32. The molecule has 3 nitrogen and oxygen atoms in total. The molecule has 4 heteroatoms. The third-order valence-corrected chi connectivity index (χ3v) is 10.0. The van der Waals surface area contributed by atoms with E-state index in [-0.39, 0.29) is 22.9 Å². The van der Waals surface area contributed by atoms with Crippen molar-refractivity contribution in [3.63, 3.8) is 0 Å². The lowest BCUT2D eigenvalue weighted by Gasteiger charge is -2.57. The van der Waals surface area contributed by atoms with E-state index in [1.807, 2.05) is 31.2 Å². The summed E-state index contributed by atoms with van der Waals surface area (Å²) in [4.78, 5) is 24.3. The Hall–Kier alpha value is -1.87. The van der Waals surface area contributed by atoms with Crippen LogP contribution in [0.3, 0.4) is 0 Å². The maximum absolute atomic E-state index is 12.7. The molecule has 0 spiro atoms. The fraction of sp³-hybridized carbons (Fsp3) is 0.571. The fourth-order valence-corrected chi connectivity index (χ4v) is 7.76. The molecule has 0 aromatic heterocycles. The Balaban J connectivity index is 1.32. The smallest absolute Gasteiger partial charge is 0.338 e. The van der Waals surface area contributed by atoms with Crippen molar-refractivity contribution in [2.45, 2.75) is 71.8 Å². The summed E-state index contributed by atoms with van der Waals surface area (Å²) in [6, 6.07) is 7.61. The molecule has 0 radical (unpaired) electrons. The van der Waals surface area contributed by atoms with E-state index in [0.29, 0.717) is 23.3 Å². The van der Waals surface area contributed by atoms with E-state index in [0.717, 1.165) is 67.4 Å². The Kier molecular flexibility index (Phi) is 5.40. The molecule has 32 heavy (non-hydrogen) atoms. The van der Waals surface area contributed by atoms with E-state index < -0.39 is 0 Å². The normalized spacial score (nSPS) is 38.3. The summed E-state index contributed by atoms with van der Waals surface area (Å²) < 4.78 is 5.93. The number of carbonyl (C=O) groups is 2. The number of rotatable bonds is 3. The van der Waals surface area contributed by atoms with Gasteiger partial charge in [-0.2, -0.15) is 0 Å². The molecule has 170 valence electrons. The predicted molar refractivity (Wildman–Crippen MR) is 126 cm³/mol. The van der Waals surface area contributed by atoms with Crippen molar-refractivity contribution in [2.75, 3.05) is 0 Å². The number of aryl methyl sites for hydroxylation is 1. The number of allylic oxidation sites excluding steroid dienone is 3. The van der Waals surface area contributed by atoms with Crippen LogP contribution < -0.4 is 0 Å². The van der Waals surface area contributed by atoms with Gasteiger partial charge >= 0.3 is 5.97 Å². The minimum absolute atomic E-state index is 0.0402. The van der Waals surface area contributed by atoms with Crippen molar-refractivity contribution in [3.8, 4) is 0 Å². The molecular weight excluding hydrogens is 420 g/mol. The molecule has 2 fully saturated rings. The van der Waals surface area contributed by atoms with Gasteiger partial charge < -0.3 is 4.74 Å². The van der Waals surface area contributed by atoms with Crippen LogP contribution in [-0.4, -0.2) is 18.4 Å². The van der Waals surface area contributed by atoms with Crippen molar-refractivity contribution in [1.82, 2.24) is 0 Å². The summed E-state index contributed by atoms with van der Waals surface area (Å²) in [5.74, 6) is 1.43. The zero-order valence-electron chi connectivity index (χ0n) is 19.3. The van der Waals surface area contributed by atoms with Crippen LogP contribution in [0.5, 0.6) is 0 Å². The molecule has 3 unspecified atom stereocenters. The number of halogens is 1. The molecule has 0 saturated heterocycles. The molecule has 4 aliphatic carbocycles. The number of fused-ring (bicyclic) bond motifs is 5. The lowest BCUT2D eigenvalue weighted by molar-refractivity contribution is -0.105. The Morgan fingerprint density at radius 2 is 1.78 bits per heavy atom. The second-order valence-corrected chi connectivity index (χ2v) is 11.4. The Morgan fingerprint density at radius 3 is 2.50 bits per heavy atom. The SMILES string of the molecule is Cc1ccc(C(=O)O[C@H]2CC[C@@]3(C)C(=CCC4C3CC[C@]3(C)C(Cl)=C(C=O)CC43)C2)cc1. The fourth-order valence-electron chi connectivity index (χ4n) is 7.40. The van der Waals surface area contributed by atoms with Gasteiger partial charge in [0.2, 0.25) is 0 Å². The Labute approximate surface area is 196 Å². The standard InChI is InChI=1S/C28H33ClO3/c1-17-4-6-18(7-5-17)26(31)32-21-10-12-27(2)20(15-21)8-9-22-23(27)11-13-28(3)24(22)14-19(16-30)25(28)29/h4-8,16,21-24H,9-15H2,1-3H3/t21-,22?,23?,24?,27-,28-/m0/s1. The van der Waals surface area contributed by atoms with Crippen molar-refractivity contribution in [3.05, 3.63) is 57.6 Å². The van der Waals surface area contributed by atoms with Crippen LogP contribution in [0.1, 0.15) is 74.7 Å². The largest absolute Gasteiger partial charge is 0.458 e. The molecule has 0 aliphatic heterocycles. The van der Waals surface area contributed by atoms with Crippen LogP contribution >= 0.6 is 11.6 Å². The zero-order chi connectivity index (χ0) is 22.7. The van der Waals surface area contributed by atoms with Gasteiger partial charge in [-0.05, 0) is 80.8 Å². The van der Waals surface area contributed by atoms with Gasteiger partial charge in [0.15, 0.2) is 0 Å². The first kappa shape index (κ1) is 21.9. The number of hydrogen-bond acceptors (Lipinski definition) is 3. The minimum atomic E-state index is -0.214. The Morgan fingerprint density at radius 1 is 1.06 bits per heavy atom. The summed E-state index contributed by atoms with van der Waals surface area (Å²) in [5, 5.41) is 0.822. The topological polar surface area (TPSA) is 43.4 Å². The number of esters is 1. The first-order valence-corrected chi connectivity index (χ1v) is 12.5. The van der Waals surface area contributed by atoms with E-state index in [1.165, 1.54) is 5.57 Å². The summed E-state index contributed by atoms with van der Waals surface area (Å²) in [6.45, 7) is 6.72. The number of hydrogen-bond donors (Lipinski definition) is 0. The van der Waals surface area contributed by atoms with E-state index in [1.54, 1.807) is 0 Å². The van der Waals surface area contributed by atoms with Gasteiger partial charge in [0.05, 0.1) is 5.56 Å². The van der Waals surface area contributed by atoms with Crippen LogP contribution in [0.15, 0.2) is 46.5 Å². The van der Waals surface area contributed by atoms with Gasteiger partial charge in [-0.15, -0.1) is 0 Å². The second kappa shape index (κ2) is 7.87. The molecule has 4 aliphatic rings. The second-order valence-electron chi connectivity index (χ2n) is 11.0. The highest BCUT2D eigenvalue weighted by Crippen LogP contribution is 2.66. The summed E-state index contributed by atoms with van der Waals surface area (Å²) in [6.07, 6.45) is 10.3. The monoisotopic (exact) mass is 452 g/mol. The maximum atomic E-state index is 12.7. The number of carbonyl (C=O) groups excluding carboxylic acids is 2. The van der Waals surface area contributed by atoms with Gasteiger partial charge in [0, 0.05) is 22.4 Å². The van der Waals surface area contributed by atoms with E-state index in [9.17, 15) is 9.59 Å². The average Bonchev–Trinajstić information content (AvgIpc) is 3.05. The predicted octanol–water partition coefficient (Wildman–Crippen LogP) is 6.78. The third-order valence-electron chi connectivity index (χ3n) is 9.37. The van der Waals surface area contributed by atoms with Crippen LogP contribution in [-0.2, 0) is 9.53 Å². The molecule has 0 amide bonds. The van der Waals surface area contributed by atoms with Crippen LogP contribution in [0.4, 0.5) is 0 Å². The van der Waals surface area contributed by atoms with Gasteiger partial charge in [-0.3, -0.25) is 4.79 Å². The molecule has 1 aromatic carbocycles. The number of aldehydes is 1.